The number of nitrogens with one attached hydrogen (secondary N) is 1. The van der Waals surface area contributed by atoms with Crippen LogP contribution in [-0.4, -0.2) is 17.0 Å². The van der Waals surface area contributed by atoms with Gasteiger partial charge in [0, 0.05) is 17.7 Å². The van der Waals surface area contributed by atoms with Gasteiger partial charge in [0.2, 0.25) is 11.8 Å². The van der Waals surface area contributed by atoms with Crippen molar-refractivity contribution in [1.29, 1.82) is 0 Å². The van der Waals surface area contributed by atoms with Crippen molar-refractivity contribution in [3.8, 4) is 0 Å². The zero-order valence-corrected chi connectivity index (χ0v) is 12.0. The molecule has 1 heterocycles. The van der Waals surface area contributed by atoms with Gasteiger partial charge in [0.05, 0.1) is 12.1 Å². The van der Waals surface area contributed by atoms with Crippen molar-refractivity contribution in [2.75, 3.05) is 0 Å². The molecular formula is C15H17N3O3. The first-order chi connectivity index (χ1) is 9.97. The number of primary amides is 1. The second-order valence-corrected chi connectivity index (χ2v) is 4.82. The molecule has 0 saturated carbocycles. The molecule has 110 valence electrons. The van der Waals surface area contributed by atoms with Crippen molar-refractivity contribution in [2.24, 2.45) is 5.73 Å². The number of amides is 2. The molecule has 3 N–H and O–H groups in total. The van der Waals surface area contributed by atoms with Crippen molar-refractivity contribution in [2.45, 2.75) is 26.8 Å². The van der Waals surface area contributed by atoms with Gasteiger partial charge in [-0.3, -0.25) is 9.59 Å². The molecule has 2 aromatic rings. The number of carbonyl (C=O) groups excluding carboxylic acids is 2. The third-order valence-electron chi connectivity index (χ3n) is 3.22. The van der Waals surface area contributed by atoms with Crippen molar-refractivity contribution in [3.05, 3.63) is 52.4 Å². The highest BCUT2D eigenvalue weighted by atomic mass is 16.5. The standard InChI is InChI=1S/C15H17N3O3/c1-9-13(10(2)21-18-9)7-14(19)17-8-11-4-3-5-12(6-11)15(16)20/h3-6H,7-8H2,1-2H3,(H2,16,20)(H,17,19). The summed E-state index contributed by atoms with van der Waals surface area (Å²) in [6.45, 7) is 3.91. The van der Waals surface area contributed by atoms with Gasteiger partial charge < -0.3 is 15.6 Å². The zero-order chi connectivity index (χ0) is 15.4. The van der Waals surface area contributed by atoms with Crippen molar-refractivity contribution in [3.63, 3.8) is 0 Å². The first-order valence-corrected chi connectivity index (χ1v) is 6.54. The third-order valence-corrected chi connectivity index (χ3v) is 3.22. The summed E-state index contributed by atoms with van der Waals surface area (Å²) < 4.78 is 5.02. The van der Waals surface area contributed by atoms with E-state index < -0.39 is 5.91 Å². The number of aryl methyl sites for hydroxylation is 2. The molecule has 0 unspecified atom stereocenters. The highest BCUT2D eigenvalue weighted by Crippen LogP contribution is 2.12. The summed E-state index contributed by atoms with van der Waals surface area (Å²) in [6, 6.07) is 6.86. The maximum Gasteiger partial charge on any atom is 0.248 e. The van der Waals surface area contributed by atoms with Crippen LogP contribution in [0.5, 0.6) is 0 Å². The van der Waals surface area contributed by atoms with Gasteiger partial charge in [-0.1, -0.05) is 17.3 Å². The monoisotopic (exact) mass is 287 g/mol. The van der Waals surface area contributed by atoms with E-state index in [9.17, 15) is 9.59 Å². The van der Waals surface area contributed by atoms with E-state index in [0.717, 1.165) is 16.8 Å². The molecule has 6 heteroatoms. The van der Waals surface area contributed by atoms with Crippen LogP contribution in [0.3, 0.4) is 0 Å². The predicted octanol–water partition coefficient (Wildman–Crippen LogP) is 1.25. The summed E-state index contributed by atoms with van der Waals surface area (Å²) in [5.41, 5.74) is 7.98. The second-order valence-electron chi connectivity index (χ2n) is 4.82. The molecule has 0 aliphatic carbocycles. The van der Waals surface area contributed by atoms with Gasteiger partial charge in [-0.05, 0) is 31.5 Å². The summed E-state index contributed by atoms with van der Waals surface area (Å²) >= 11 is 0. The average molecular weight is 287 g/mol. The number of benzene rings is 1. The van der Waals surface area contributed by atoms with Gasteiger partial charge in [0.1, 0.15) is 5.76 Å². The van der Waals surface area contributed by atoms with E-state index in [1.54, 1.807) is 32.0 Å². The summed E-state index contributed by atoms with van der Waals surface area (Å²) in [4.78, 5) is 23.0. The first kappa shape index (κ1) is 14.8. The van der Waals surface area contributed by atoms with Crippen LogP contribution in [-0.2, 0) is 17.8 Å². The highest BCUT2D eigenvalue weighted by Gasteiger charge is 2.13. The van der Waals surface area contributed by atoms with Crippen LogP contribution in [0.15, 0.2) is 28.8 Å². The van der Waals surface area contributed by atoms with Crippen LogP contribution in [0.25, 0.3) is 0 Å². The van der Waals surface area contributed by atoms with E-state index in [4.69, 9.17) is 10.3 Å². The number of carbonyl (C=O) groups is 2. The summed E-state index contributed by atoms with van der Waals surface area (Å²) in [6.07, 6.45) is 0.219. The molecule has 0 bridgehead atoms. The third kappa shape index (κ3) is 3.68. The van der Waals surface area contributed by atoms with Gasteiger partial charge in [0.15, 0.2) is 0 Å². The van der Waals surface area contributed by atoms with Crippen LogP contribution in [0.2, 0.25) is 0 Å². The molecule has 6 nitrogen and oxygen atoms in total. The van der Waals surface area contributed by atoms with E-state index in [-0.39, 0.29) is 12.3 Å². The van der Waals surface area contributed by atoms with E-state index in [2.05, 4.69) is 10.5 Å². The Bertz CT molecular complexity index is 657. The lowest BCUT2D eigenvalue weighted by molar-refractivity contribution is -0.120. The predicted molar refractivity (Wildman–Crippen MR) is 76.5 cm³/mol. The largest absolute Gasteiger partial charge is 0.366 e. The second kappa shape index (κ2) is 6.21. The smallest absolute Gasteiger partial charge is 0.248 e. The Kier molecular flexibility index (Phi) is 4.37. The Hall–Kier alpha value is -2.63. The van der Waals surface area contributed by atoms with Crippen LogP contribution in [0.1, 0.15) is 32.9 Å². The average Bonchev–Trinajstić information content (AvgIpc) is 2.77. The lowest BCUT2D eigenvalue weighted by Crippen LogP contribution is -2.25. The molecule has 2 amide bonds. The number of aromatic nitrogens is 1. The van der Waals surface area contributed by atoms with E-state index in [1.165, 1.54) is 0 Å². The maximum absolute atomic E-state index is 11.9. The molecule has 21 heavy (non-hydrogen) atoms. The number of hydrogen-bond acceptors (Lipinski definition) is 4. The maximum atomic E-state index is 11.9. The number of nitrogens with zero attached hydrogens (tertiary/aromatic N) is 1. The summed E-state index contributed by atoms with van der Waals surface area (Å²) in [5.74, 6) is 0.0335. The van der Waals surface area contributed by atoms with Crippen molar-refractivity contribution in [1.82, 2.24) is 10.5 Å². The fourth-order valence-electron chi connectivity index (χ4n) is 2.01. The van der Waals surface area contributed by atoms with Gasteiger partial charge in [-0.15, -0.1) is 0 Å². The number of hydrogen-bond donors (Lipinski definition) is 2. The molecule has 1 aromatic carbocycles. The van der Waals surface area contributed by atoms with Gasteiger partial charge in [-0.25, -0.2) is 0 Å². The van der Waals surface area contributed by atoms with Crippen molar-refractivity contribution >= 4 is 11.8 Å². The van der Waals surface area contributed by atoms with E-state index in [0.29, 0.717) is 17.9 Å². The summed E-state index contributed by atoms with van der Waals surface area (Å²) in [7, 11) is 0. The minimum absolute atomic E-state index is 0.131. The molecule has 0 atom stereocenters. The van der Waals surface area contributed by atoms with E-state index >= 15 is 0 Å². The molecule has 1 aromatic heterocycles. The van der Waals surface area contributed by atoms with Crippen LogP contribution in [0.4, 0.5) is 0 Å². The fourth-order valence-corrected chi connectivity index (χ4v) is 2.01. The minimum Gasteiger partial charge on any atom is -0.366 e. The summed E-state index contributed by atoms with van der Waals surface area (Å²) in [5, 5.41) is 6.61. The Morgan fingerprint density at radius 2 is 2.10 bits per heavy atom. The Morgan fingerprint density at radius 3 is 2.71 bits per heavy atom. The lowest BCUT2D eigenvalue weighted by atomic mass is 10.1. The van der Waals surface area contributed by atoms with Gasteiger partial charge in [-0.2, -0.15) is 0 Å². The zero-order valence-electron chi connectivity index (χ0n) is 12.0. The lowest BCUT2D eigenvalue weighted by Gasteiger charge is -2.06. The van der Waals surface area contributed by atoms with Gasteiger partial charge >= 0.3 is 0 Å². The number of nitrogens with two attached hydrogens (primary N) is 1. The SMILES string of the molecule is Cc1noc(C)c1CC(=O)NCc1cccc(C(N)=O)c1. The van der Waals surface area contributed by atoms with Crippen molar-refractivity contribution < 1.29 is 14.1 Å². The fraction of sp³-hybridized carbons (Fsp3) is 0.267. The Morgan fingerprint density at radius 1 is 1.33 bits per heavy atom. The number of rotatable bonds is 5. The molecule has 0 spiro atoms. The van der Waals surface area contributed by atoms with E-state index in [1.807, 2.05) is 6.07 Å². The molecule has 0 fully saturated rings. The quantitative estimate of drug-likeness (QED) is 0.864. The topological polar surface area (TPSA) is 98.2 Å². The van der Waals surface area contributed by atoms with Crippen LogP contribution in [0, 0.1) is 13.8 Å². The molecular weight excluding hydrogens is 270 g/mol. The molecule has 0 saturated heterocycles. The molecule has 0 radical (unpaired) electrons. The molecule has 0 aliphatic heterocycles. The molecule has 2 rings (SSSR count). The van der Waals surface area contributed by atoms with Gasteiger partial charge in [0.25, 0.3) is 0 Å². The Balaban J connectivity index is 1.95. The normalized spacial score (nSPS) is 10.4. The molecule has 0 aliphatic rings. The van der Waals surface area contributed by atoms with Crippen LogP contribution < -0.4 is 11.1 Å². The first-order valence-electron chi connectivity index (χ1n) is 6.54. The highest BCUT2D eigenvalue weighted by molar-refractivity contribution is 5.92. The minimum atomic E-state index is -0.487. The van der Waals surface area contributed by atoms with Crippen LogP contribution >= 0.6 is 0 Å². The Labute approximate surface area is 122 Å².